The van der Waals surface area contributed by atoms with Crippen LogP contribution in [0.1, 0.15) is 19.3 Å². The summed E-state index contributed by atoms with van der Waals surface area (Å²) >= 11 is 0. The molecule has 0 radical (unpaired) electrons. The number of carbonyl (C=O) groups excluding carboxylic acids is 4. The first-order chi connectivity index (χ1) is 11.0. The van der Waals surface area contributed by atoms with Crippen LogP contribution in [0.25, 0.3) is 0 Å². The van der Waals surface area contributed by atoms with Crippen molar-refractivity contribution in [3.8, 4) is 12.3 Å². The van der Waals surface area contributed by atoms with Gasteiger partial charge >= 0.3 is 5.97 Å². The molecule has 2 atom stereocenters. The Hall–Kier alpha value is -2.62. The van der Waals surface area contributed by atoms with Gasteiger partial charge in [-0.1, -0.05) is 18.1 Å². The number of likely N-dealkylation sites (tertiary alicyclic amines) is 1. The number of hydrogen-bond donors (Lipinski definition) is 1. The van der Waals surface area contributed by atoms with E-state index in [9.17, 15) is 19.2 Å². The molecule has 0 saturated carbocycles. The van der Waals surface area contributed by atoms with E-state index in [2.05, 4.69) is 11.2 Å². The third-order valence-electron chi connectivity index (χ3n) is 3.89. The zero-order valence-corrected chi connectivity index (χ0v) is 12.6. The molecule has 0 aromatic heterocycles. The van der Waals surface area contributed by atoms with E-state index in [1.165, 1.54) is 0 Å². The second-order valence-electron chi connectivity index (χ2n) is 5.38. The molecule has 1 heterocycles. The number of carbonyl (C=O) groups is 4. The standard InChI is InChI=1S/C16H18N2O5/c1-2-8-17-13(19)10-23-14(20)7-9-18-15(21)11-5-3-4-6-12(11)16(18)22/h1,3-4,11-12H,5-10H2,(H,17,19)/t11-,12+. The molecule has 3 amide bonds. The van der Waals surface area contributed by atoms with Crippen LogP contribution in [0.2, 0.25) is 0 Å². The highest BCUT2D eigenvalue weighted by molar-refractivity contribution is 6.05. The van der Waals surface area contributed by atoms with E-state index in [0.29, 0.717) is 12.8 Å². The number of esters is 1. The van der Waals surface area contributed by atoms with Gasteiger partial charge in [-0.2, -0.15) is 0 Å². The summed E-state index contributed by atoms with van der Waals surface area (Å²) in [4.78, 5) is 48.3. The van der Waals surface area contributed by atoms with Gasteiger partial charge in [0.05, 0.1) is 24.8 Å². The summed E-state index contributed by atoms with van der Waals surface area (Å²) in [6, 6.07) is 0. The molecule has 0 spiro atoms. The lowest BCUT2D eigenvalue weighted by molar-refractivity contribution is -0.149. The molecule has 0 aromatic carbocycles. The minimum atomic E-state index is -0.644. The smallest absolute Gasteiger partial charge is 0.308 e. The van der Waals surface area contributed by atoms with Crippen LogP contribution >= 0.6 is 0 Å². The highest BCUT2D eigenvalue weighted by Gasteiger charge is 2.46. The molecular formula is C16H18N2O5. The van der Waals surface area contributed by atoms with Gasteiger partial charge in [0.15, 0.2) is 6.61 Å². The molecule has 0 bridgehead atoms. The van der Waals surface area contributed by atoms with Crippen LogP contribution in [0.5, 0.6) is 0 Å². The van der Waals surface area contributed by atoms with Crippen LogP contribution in [-0.2, 0) is 23.9 Å². The van der Waals surface area contributed by atoms with E-state index in [4.69, 9.17) is 11.2 Å². The van der Waals surface area contributed by atoms with Crippen molar-refractivity contribution in [3.63, 3.8) is 0 Å². The van der Waals surface area contributed by atoms with Crippen molar-refractivity contribution in [1.82, 2.24) is 10.2 Å². The lowest BCUT2D eigenvalue weighted by atomic mass is 9.85. The number of terminal acetylenes is 1. The monoisotopic (exact) mass is 318 g/mol. The van der Waals surface area contributed by atoms with Gasteiger partial charge in [0.1, 0.15) is 0 Å². The molecule has 1 N–H and O–H groups in total. The first kappa shape index (κ1) is 16.7. The number of fused-ring (bicyclic) bond motifs is 1. The van der Waals surface area contributed by atoms with E-state index >= 15 is 0 Å². The Morgan fingerprint density at radius 2 is 1.87 bits per heavy atom. The van der Waals surface area contributed by atoms with Crippen molar-refractivity contribution in [2.24, 2.45) is 11.8 Å². The summed E-state index contributed by atoms with van der Waals surface area (Å²) in [5, 5.41) is 2.35. The Morgan fingerprint density at radius 3 is 2.43 bits per heavy atom. The van der Waals surface area contributed by atoms with Crippen molar-refractivity contribution >= 4 is 23.7 Å². The van der Waals surface area contributed by atoms with Crippen molar-refractivity contribution < 1.29 is 23.9 Å². The van der Waals surface area contributed by atoms with Crippen LogP contribution < -0.4 is 5.32 Å². The summed E-state index contributed by atoms with van der Waals surface area (Å²) in [6.07, 6.45) is 9.77. The third-order valence-corrected chi connectivity index (χ3v) is 3.89. The van der Waals surface area contributed by atoms with Crippen LogP contribution in [0.3, 0.4) is 0 Å². The van der Waals surface area contributed by atoms with Gasteiger partial charge in [-0.3, -0.25) is 24.1 Å². The van der Waals surface area contributed by atoms with Gasteiger partial charge in [-0.25, -0.2) is 0 Å². The van der Waals surface area contributed by atoms with E-state index in [-0.39, 0.29) is 43.2 Å². The molecule has 2 rings (SSSR count). The molecule has 2 aliphatic rings. The van der Waals surface area contributed by atoms with Crippen molar-refractivity contribution in [1.29, 1.82) is 0 Å². The number of amides is 3. The van der Waals surface area contributed by atoms with Crippen molar-refractivity contribution in [2.45, 2.75) is 19.3 Å². The Morgan fingerprint density at radius 1 is 1.26 bits per heavy atom. The topological polar surface area (TPSA) is 92.8 Å². The van der Waals surface area contributed by atoms with E-state index in [1.54, 1.807) is 0 Å². The second-order valence-corrected chi connectivity index (χ2v) is 5.38. The third kappa shape index (κ3) is 3.97. The van der Waals surface area contributed by atoms with Gasteiger partial charge in [0.2, 0.25) is 11.8 Å². The Balaban J connectivity index is 1.76. The van der Waals surface area contributed by atoms with E-state index < -0.39 is 18.5 Å². The number of ether oxygens (including phenoxy) is 1. The maximum absolute atomic E-state index is 12.2. The molecule has 23 heavy (non-hydrogen) atoms. The highest BCUT2D eigenvalue weighted by atomic mass is 16.5. The van der Waals surface area contributed by atoms with Gasteiger partial charge < -0.3 is 10.1 Å². The second kappa shape index (κ2) is 7.58. The number of imide groups is 1. The van der Waals surface area contributed by atoms with Gasteiger partial charge in [-0.05, 0) is 12.8 Å². The molecule has 0 aromatic rings. The number of hydrogen-bond acceptors (Lipinski definition) is 5. The number of rotatable bonds is 6. The maximum atomic E-state index is 12.2. The van der Waals surface area contributed by atoms with Crippen LogP contribution in [-0.4, -0.2) is 48.3 Å². The predicted octanol–water partition coefficient (Wildman–Crippen LogP) is -0.380. The zero-order chi connectivity index (χ0) is 16.8. The minimum Gasteiger partial charge on any atom is -0.456 e. The highest BCUT2D eigenvalue weighted by Crippen LogP contribution is 2.34. The molecule has 1 saturated heterocycles. The van der Waals surface area contributed by atoms with Gasteiger partial charge in [-0.15, -0.1) is 6.42 Å². The zero-order valence-electron chi connectivity index (χ0n) is 12.6. The van der Waals surface area contributed by atoms with Crippen molar-refractivity contribution in [3.05, 3.63) is 12.2 Å². The van der Waals surface area contributed by atoms with E-state index in [0.717, 1.165) is 4.90 Å². The fraction of sp³-hybridized carbons (Fsp3) is 0.500. The molecule has 1 fully saturated rings. The Kier molecular flexibility index (Phi) is 5.52. The average Bonchev–Trinajstić information content (AvgIpc) is 2.80. The van der Waals surface area contributed by atoms with Crippen molar-refractivity contribution in [2.75, 3.05) is 19.7 Å². The lowest BCUT2D eigenvalue weighted by Gasteiger charge is -2.14. The van der Waals surface area contributed by atoms with Gasteiger partial charge in [0.25, 0.3) is 5.91 Å². The molecule has 7 heteroatoms. The number of nitrogens with zero attached hydrogens (tertiary/aromatic N) is 1. The average molecular weight is 318 g/mol. The maximum Gasteiger partial charge on any atom is 0.308 e. The van der Waals surface area contributed by atoms with Crippen LogP contribution in [0, 0.1) is 24.2 Å². The number of allylic oxidation sites excluding steroid dienone is 2. The molecule has 122 valence electrons. The summed E-state index contributed by atoms with van der Waals surface area (Å²) in [5.41, 5.74) is 0. The minimum absolute atomic E-state index is 0.0184. The SMILES string of the molecule is C#CCNC(=O)COC(=O)CCN1C(=O)[C@H]2CC=CC[C@H]2C1=O. The molecule has 1 aliphatic carbocycles. The number of nitrogens with one attached hydrogen (secondary N) is 1. The van der Waals surface area contributed by atoms with Crippen LogP contribution in [0.4, 0.5) is 0 Å². The molecule has 0 unspecified atom stereocenters. The first-order valence-corrected chi connectivity index (χ1v) is 7.40. The summed E-state index contributed by atoms with van der Waals surface area (Å²) < 4.78 is 4.77. The summed E-state index contributed by atoms with van der Waals surface area (Å²) in [5.74, 6) is 0.00128. The first-order valence-electron chi connectivity index (χ1n) is 7.40. The van der Waals surface area contributed by atoms with Crippen LogP contribution in [0.15, 0.2) is 12.2 Å². The molecule has 1 aliphatic heterocycles. The fourth-order valence-corrected chi connectivity index (χ4v) is 2.71. The molecule has 7 nitrogen and oxygen atoms in total. The Labute approximate surface area is 134 Å². The normalized spacial score (nSPS) is 22.5. The summed E-state index contributed by atoms with van der Waals surface area (Å²) in [6.45, 7) is -0.392. The Bertz CT molecular complexity index is 564. The fourth-order valence-electron chi connectivity index (χ4n) is 2.71. The van der Waals surface area contributed by atoms with Gasteiger partial charge in [0, 0.05) is 6.54 Å². The summed E-state index contributed by atoms with van der Waals surface area (Å²) in [7, 11) is 0. The largest absolute Gasteiger partial charge is 0.456 e. The predicted molar refractivity (Wildman–Crippen MR) is 79.5 cm³/mol. The molecular weight excluding hydrogens is 300 g/mol. The lowest BCUT2D eigenvalue weighted by Crippen LogP contribution is -2.34. The quantitative estimate of drug-likeness (QED) is 0.312. The van der Waals surface area contributed by atoms with E-state index in [1.807, 2.05) is 12.2 Å².